The standard InChI is InChI=1S/C20H32N4OS/c1-25-15-17-7-3-4-8-18(17)23-19(21)22-16-20(9-5-2-6-10-20)24-11-13-26-14-12-24/h3-4,7-8H,2,5-6,9-16H2,1H3,(H3,21,22,23). The Kier molecular flexibility index (Phi) is 7.23. The maximum atomic E-state index is 6.25. The molecule has 0 amide bonds. The quantitative estimate of drug-likeness (QED) is 0.589. The Morgan fingerprint density at radius 3 is 2.69 bits per heavy atom. The van der Waals surface area contributed by atoms with Gasteiger partial charge in [0.15, 0.2) is 5.96 Å². The van der Waals surface area contributed by atoms with Gasteiger partial charge >= 0.3 is 0 Å². The highest BCUT2D eigenvalue weighted by Gasteiger charge is 2.38. The van der Waals surface area contributed by atoms with E-state index in [1.54, 1.807) is 7.11 Å². The molecule has 1 saturated heterocycles. The average molecular weight is 377 g/mol. The van der Waals surface area contributed by atoms with Gasteiger partial charge in [-0.3, -0.25) is 9.89 Å². The van der Waals surface area contributed by atoms with Crippen LogP contribution in [-0.4, -0.2) is 54.6 Å². The number of benzene rings is 1. The molecule has 2 fully saturated rings. The Labute approximate surface area is 161 Å². The van der Waals surface area contributed by atoms with Crippen molar-refractivity contribution >= 4 is 23.4 Å². The number of methoxy groups -OCH3 is 1. The van der Waals surface area contributed by atoms with E-state index in [-0.39, 0.29) is 5.54 Å². The lowest BCUT2D eigenvalue weighted by molar-refractivity contribution is 0.0673. The molecule has 0 spiro atoms. The summed E-state index contributed by atoms with van der Waals surface area (Å²) in [5.74, 6) is 2.98. The first kappa shape index (κ1) is 19.5. The van der Waals surface area contributed by atoms with Gasteiger partial charge in [-0.1, -0.05) is 37.5 Å². The molecule has 0 atom stereocenters. The Bertz CT molecular complexity index is 595. The zero-order chi connectivity index (χ0) is 18.2. The smallest absolute Gasteiger partial charge is 0.193 e. The third-order valence-corrected chi connectivity index (χ3v) is 6.53. The molecule has 0 bridgehead atoms. The molecule has 144 valence electrons. The number of rotatable bonds is 6. The van der Waals surface area contributed by atoms with Crippen LogP contribution < -0.4 is 11.1 Å². The van der Waals surface area contributed by atoms with E-state index in [1.807, 2.05) is 24.3 Å². The number of guanidine groups is 1. The third kappa shape index (κ3) is 4.93. The Morgan fingerprint density at radius 1 is 1.23 bits per heavy atom. The maximum Gasteiger partial charge on any atom is 0.193 e. The monoisotopic (exact) mass is 376 g/mol. The van der Waals surface area contributed by atoms with Gasteiger partial charge < -0.3 is 15.8 Å². The topological polar surface area (TPSA) is 62.9 Å². The minimum Gasteiger partial charge on any atom is -0.380 e. The van der Waals surface area contributed by atoms with Crippen LogP contribution in [0.15, 0.2) is 29.3 Å². The number of nitrogens with one attached hydrogen (secondary N) is 1. The van der Waals surface area contributed by atoms with Crippen LogP contribution in [0.3, 0.4) is 0 Å². The molecule has 3 N–H and O–H groups in total. The van der Waals surface area contributed by atoms with Crippen LogP contribution in [0, 0.1) is 0 Å². The largest absolute Gasteiger partial charge is 0.380 e. The SMILES string of the molecule is COCc1ccccc1NC(N)=NCC1(N2CCSCC2)CCCCC1. The molecule has 2 aliphatic rings. The summed E-state index contributed by atoms with van der Waals surface area (Å²) in [5, 5.41) is 3.28. The van der Waals surface area contributed by atoms with Crippen molar-refractivity contribution in [2.24, 2.45) is 10.7 Å². The van der Waals surface area contributed by atoms with Gasteiger partial charge in [0, 0.05) is 48.5 Å². The molecule has 1 heterocycles. The van der Waals surface area contributed by atoms with E-state index in [0.717, 1.165) is 17.8 Å². The highest BCUT2D eigenvalue weighted by atomic mass is 32.2. The van der Waals surface area contributed by atoms with Crippen molar-refractivity contribution in [2.45, 2.75) is 44.2 Å². The van der Waals surface area contributed by atoms with Crippen LogP contribution in [0.5, 0.6) is 0 Å². The van der Waals surface area contributed by atoms with E-state index in [9.17, 15) is 0 Å². The average Bonchev–Trinajstić information content (AvgIpc) is 2.70. The fourth-order valence-electron chi connectivity index (χ4n) is 4.16. The van der Waals surface area contributed by atoms with Crippen molar-refractivity contribution in [3.05, 3.63) is 29.8 Å². The van der Waals surface area contributed by atoms with Crippen LogP contribution in [0.2, 0.25) is 0 Å². The van der Waals surface area contributed by atoms with Crippen LogP contribution in [-0.2, 0) is 11.3 Å². The van der Waals surface area contributed by atoms with Crippen molar-refractivity contribution in [3.63, 3.8) is 0 Å². The van der Waals surface area contributed by atoms with Gasteiger partial charge in [-0.25, -0.2) is 0 Å². The predicted octanol–water partition coefficient (Wildman–Crippen LogP) is 3.31. The second kappa shape index (κ2) is 9.62. The second-order valence-corrected chi connectivity index (χ2v) is 8.53. The summed E-state index contributed by atoms with van der Waals surface area (Å²) in [6.07, 6.45) is 6.46. The normalized spacial score (nSPS) is 21.5. The number of hydrogen-bond donors (Lipinski definition) is 2. The molecule has 0 unspecified atom stereocenters. The number of hydrogen-bond acceptors (Lipinski definition) is 4. The molecule has 1 aliphatic heterocycles. The number of thioether (sulfide) groups is 1. The molecule has 6 heteroatoms. The summed E-state index contributed by atoms with van der Waals surface area (Å²) in [5.41, 5.74) is 8.52. The summed E-state index contributed by atoms with van der Waals surface area (Å²) < 4.78 is 5.27. The number of para-hydroxylation sites is 1. The first-order valence-corrected chi connectivity index (χ1v) is 10.9. The number of aliphatic imine (C=N–C) groups is 1. The highest BCUT2D eigenvalue weighted by molar-refractivity contribution is 7.99. The highest BCUT2D eigenvalue weighted by Crippen LogP contribution is 2.35. The zero-order valence-electron chi connectivity index (χ0n) is 15.9. The molecule has 26 heavy (non-hydrogen) atoms. The molecule has 1 aromatic carbocycles. The fraction of sp³-hybridized carbons (Fsp3) is 0.650. The number of anilines is 1. The Hall–Kier alpha value is -1.24. The number of nitrogens with two attached hydrogens (primary N) is 1. The van der Waals surface area contributed by atoms with E-state index in [0.29, 0.717) is 12.6 Å². The lowest BCUT2D eigenvalue weighted by Crippen LogP contribution is -2.55. The Morgan fingerprint density at radius 2 is 1.96 bits per heavy atom. The van der Waals surface area contributed by atoms with Gasteiger partial charge in [0.2, 0.25) is 0 Å². The first-order valence-electron chi connectivity index (χ1n) is 9.70. The van der Waals surface area contributed by atoms with Crippen molar-refractivity contribution in [3.8, 4) is 0 Å². The van der Waals surface area contributed by atoms with Gasteiger partial charge in [-0.05, 0) is 18.9 Å². The lowest BCUT2D eigenvalue weighted by Gasteiger charge is -2.47. The van der Waals surface area contributed by atoms with E-state index in [2.05, 4.69) is 22.0 Å². The molecule has 0 radical (unpaired) electrons. The minimum absolute atomic E-state index is 0.206. The van der Waals surface area contributed by atoms with Crippen LogP contribution >= 0.6 is 11.8 Å². The minimum atomic E-state index is 0.206. The lowest BCUT2D eigenvalue weighted by atomic mass is 9.80. The van der Waals surface area contributed by atoms with Crippen molar-refractivity contribution in [1.82, 2.24) is 4.90 Å². The summed E-state index contributed by atoms with van der Waals surface area (Å²) in [4.78, 5) is 7.48. The summed E-state index contributed by atoms with van der Waals surface area (Å²) >= 11 is 2.07. The van der Waals surface area contributed by atoms with Crippen LogP contribution in [0.25, 0.3) is 0 Å². The zero-order valence-corrected chi connectivity index (χ0v) is 16.7. The van der Waals surface area contributed by atoms with Gasteiger partial charge in [0.05, 0.1) is 13.2 Å². The fourth-order valence-corrected chi connectivity index (χ4v) is 5.06. The molecule has 1 saturated carbocycles. The van der Waals surface area contributed by atoms with Gasteiger partial charge in [-0.2, -0.15) is 11.8 Å². The van der Waals surface area contributed by atoms with Gasteiger partial charge in [0.1, 0.15) is 0 Å². The van der Waals surface area contributed by atoms with Gasteiger partial charge in [-0.15, -0.1) is 0 Å². The summed E-state index contributed by atoms with van der Waals surface area (Å²) in [6, 6.07) is 8.09. The molecule has 1 aromatic rings. The van der Waals surface area contributed by atoms with E-state index >= 15 is 0 Å². The van der Waals surface area contributed by atoms with Crippen molar-refractivity contribution in [1.29, 1.82) is 0 Å². The number of ether oxygens (including phenoxy) is 1. The van der Waals surface area contributed by atoms with E-state index < -0.39 is 0 Å². The number of nitrogens with zero attached hydrogens (tertiary/aromatic N) is 2. The molecular weight excluding hydrogens is 344 g/mol. The van der Waals surface area contributed by atoms with Crippen molar-refractivity contribution in [2.75, 3.05) is 43.6 Å². The molecular formula is C20H32N4OS. The summed E-state index contributed by atoms with van der Waals surface area (Å²) in [6.45, 7) is 3.73. The summed E-state index contributed by atoms with van der Waals surface area (Å²) in [7, 11) is 1.71. The Balaban J connectivity index is 1.69. The molecule has 3 rings (SSSR count). The van der Waals surface area contributed by atoms with E-state index in [1.165, 1.54) is 56.7 Å². The predicted molar refractivity (Wildman–Crippen MR) is 112 cm³/mol. The third-order valence-electron chi connectivity index (χ3n) is 5.59. The molecule has 0 aromatic heterocycles. The van der Waals surface area contributed by atoms with Gasteiger partial charge in [0.25, 0.3) is 0 Å². The van der Waals surface area contributed by atoms with Crippen molar-refractivity contribution < 1.29 is 4.74 Å². The first-order chi connectivity index (χ1) is 12.7. The molecule has 5 nitrogen and oxygen atoms in total. The van der Waals surface area contributed by atoms with Crippen LogP contribution in [0.1, 0.15) is 37.7 Å². The van der Waals surface area contributed by atoms with Crippen LogP contribution in [0.4, 0.5) is 5.69 Å². The molecule has 1 aliphatic carbocycles. The van der Waals surface area contributed by atoms with E-state index in [4.69, 9.17) is 15.5 Å². The second-order valence-electron chi connectivity index (χ2n) is 7.30. The maximum absolute atomic E-state index is 6.25.